The molecule has 3 aromatic carbocycles. The second-order valence-electron chi connectivity index (χ2n) is 7.25. The zero-order valence-corrected chi connectivity index (χ0v) is 19.4. The Morgan fingerprint density at radius 2 is 1.61 bits per heavy atom. The van der Waals surface area contributed by atoms with Gasteiger partial charge in [0.15, 0.2) is 0 Å². The summed E-state index contributed by atoms with van der Waals surface area (Å²) in [6.07, 6.45) is 0. The molecule has 0 spiro atoms. The Morgan fingerprint density at radius 1 is 0.879 bits per heavy atom. The smallest absolute Gasteiger partial charge is 0.283 e. The summed E-state index contributed by atoms with van der Waals surface area (Å²) in [4.78, 5) is 39.3. The van der Waals surface area contributed by atoms with Gasteiger partial charge in [0.2, 0.25) is 0 Å². The molecule has 0 atom stereocenters. The fourth-order valence-electron chi connectivity index (χ4n) is 3.21. The van der Waals surface area contributed by atoms with Crippen molar-refractivity contribution in [2.75, 3.05) is 15.5 Å². The summed E-state index contributed by atoms with van der Waals surface area (Å²) in [7, 11) is 0. The van der Waals surface area contributed by atoms with Crippen LogP contribution >= 0.6 is 34.8 Å². The van der Waals surface area contributed by atoms with Crippen LogP contribution in [0.25, 0.3) is 0 Å². The molecule has 0 aliphatic carbocycles. The maximum absolute atomic E-state index is 12.9. The SMILES string of the molecule is Cc1ccc(N2C(=O)C(Cl)=C(Nc3cccc(C(=O)Nc4ccc(Cl)cc4Cl)c3)C2=O)cc1. The van der Waals surface area contributed by atoms with Gasteiger partial charge in [0, 0.05) is 16.3 Å². The van der Waals surface area contributed by atoms with E-state index in [1.807, 2.05) is 6.92 Å². The lowest BCUT2D eigenvalue weighted by Gasteiger charge is -2.15. The molecule has 1 heterocycles. The first-order valence-corrected chi connectivity index (χ1v) is 10.9. The Morgan fingerprint density at radius 3 is 2.30 bits per heavy atom. The van der Waals surface area contributed by atoms with E-state index in [1.54, 1.807) is 54.6 Å². The van der Waals surface area contributed by atoms with Crippen LogP contribution in [0.5, 0.6) is 0 Å². The average molecular weight is 501 g/mol. The van der Waals surface area contributed by atoms with E-state index in [4.69, 9.17) is 34.8 Å². The number of benzene rings is 3. The first-order chi connectivity index (χ1) is 15.7. The predicted octanol–water partition coefficient (Wildman–Crippen LogP) is 5.99. The molecule has 2 N–H and O–H groups in total. The number of hydrogen-bond acceptors (Lipinski definition) is 4. The summed E-state index contributed by atoms with van der Waals surface area (Å²) in [6, 6.07) is 18.1. The van der Waals surface area contributed by atoms with Gasteiger partial charge in [-0.05, 0) is 55.5 Å². The van der Waals surface area contributed by atoms with Crippen molar-refractivity contribution in [3.8, 4) is 0 Å². The van der Waals surface area contributed by atoms with Crippen molar-refractivity contribution >= 4 is 69.6 Å². The lowest BCUT2D eigenvalue weighted by Crippen LogP contribution is -2.32. The Kier molecular flexibility index (Phi) is 6.42. The van der Waals surface area contributed by atoms with Crippen molar-refractivity contribution in [2.24, 2.45) is 0 Å². The van der Waals surface area contributed by atoms with Crippen LogP contribution in [-0.2, 0) is 9.59 Å². The minimum atomic E-state index is -0.626. The van der Waals surface area contributed by atoms with Gasteiger partial charge < -0.3 is 10.6 Å². The number of amides is 3. The van der Waals surface area contributed by atoms with Crippen molar-refractivity contribution in [1.82, 2.24) is 0 Å². The van der Waals surface area contributed by atoms with Crippen LogP contribution in [0.2, 0.25) is 10.0 Å². The normalized spacial score (nSPS) is 13.5. The number of carbonyl (C=O) groups excluding carboxylic acids is 3. The third-order valence-corrected chi connectivity index (χ3v) is 5.79. The minimum Gasteiger partial charge on any atom is -0.350 e. The molecule has 0 saturated heterocycles. The minimum absolute atomic E-state index is 0.0689. The van der Waals surface area contributed by atoms with E-state index < -0.39 is 17.7 Å². The highest BCUT2D eigenvalue weighted by atomic mass is 35.5. The monoisotopic (exact) mass is 499 g/mol. The topological polar surface area (TPSA) is 78.5 Å². The number of rotatable bonds is 5. The molecule has 0 bridgehead atoms. The highest BCUT2D eigenvalue weighted by molar-refractivity contribution is 6.53. The number of nitrogens with one attached hydrogen (secondary N) is 2. The Labute approximate surface area is 204 Å². The van der Waals surface area contributed by atoms with Crippen LogP contribution in [0, 0.1) is 6.92 Å². The third-order valence-electron chi connectivity index (χ3n) is 4.89. The second-order valence-corrected chi connectivity index (χ2v) is 8.48. The van der Waals surface area contributed by atoms with Crippen LogP contribution in [-0.4, -0.2) is 17.7 Å². The molecule has 3 aromatic rings. The van der Waals surface area contributed by atoms with Crippen LogP contribution in [0.15, 0.2) is 77.5 Å². The van der Waals surface area contributed by atoms with E-state index in [2.05, 4.69) is 10.6 Å². The molecule has 166 valence electrons. The Balaban J connectivity index is 1.54. The van der Waals surface area contributed by atoms with Gasteiger partial charge in [-0.15, -0.1) is 0 Å². The van der Waals surface area contributed by atoms with Gasteiger partial charge in [-0.25, -0.2) is 4.90 Å². The maximum Gasteiger partial charge on any atom is 0.283 e. The van der Waals surface area contributed by atoms with Crippen LogP contribution in [0.4, 0.5) is 17.1 Å². The first-order valence-electron chi connectivity index (χ1n) is 9.73. The molecule has 0 fully saturated rings. The molecule has 0 saturated carbocycles. The summed E-state index contributed by atoms with van der Waals surface area (Å²) in [5.41, 5.74) is 2.45. The molecule has 3 amide bonds. The molecular formula is C24H16Cl3N3O3. The molecule has 9 heteroatoms. The van der Waals surface area contributed by atoms with E-state index in [9.17, 15) is 14.4 Å². The maximum atomic E-state index is 12.9. The lowest BCUT2D eigenvalue weighted by molar-refractivity contribution is -0.120. The second kappa shape index (κ2) is 9.27. The molecule has 4 rings (SSSR count). The number of hydrogen-bond donors (Lipinski definition) is 2. The highest BCUT2D eigenvalue weighted by Gasteiger charge is 2.38. The fraction of sp³-hybridized carbons (Fsp3) is 0.0417. The van der Waals surface area contributed by atoms with Crippen LogP contribution < -0.4 is 15.5 Å². The Bertz CT molecular complexity index is 1320. The van der Waals surface area contributed by atoms with Gasteiger partial charge >= 0.3 is 0 Å². The van der Waals surface area contributed by atoms with Gasteiger partial charge in [-0.3, -0.25) is 14.4 Å². The zero-order valence-electron chi connectivity index (χ0n) is 17.2. The van der Waals surface area contributed by atoms with Crippen molar-refractivity contribution < 1.29 is 14.4 Å². The lowest BCUT2D eigenvalue weighted by atomic mass is 10.1. The van der Waals surface area contributed by atoms with Gasteiger partial charge in [-0.2, -0.15) is 0 Å². The van der Waals surface area contributed by atoms with Gasteiger partial charge in [0.25, 0.3) is 17.7 Å². The van der Waals surface area contributed by atoms with Gasteiger partial charge in [0.1, 0.15) is 10.7 Å². The molecule has 1 aliphatic heterocycles. The molecular weight excluding hydrogens is 485 g/mol. The summed E-state index contributed by atoms with van der Waals surface area (Å²) in [6.45, 7) is 1.90. The average Bonchev–Trinajstić information content (AvgIpc) is 3.00. The van der Waals surface area contributed by atoms with Crippen molar-refractivity contribution in [2.45, 2.75) is 6.92 Å². The molecule has 33 heavy (non-hydrogen) atoms. The Hall–Kier alpha value is -3.32. The number of anilines is 3. The van der Waals surface area contributed by atoms with Crippen LogP contribution in [0.1, 0.15) is 15.9 Å². The predicted molar refractivity (Wildman–Crippen MR) is 131 cm³/mol. The number of nitrogens with zero attached hydrogens (tertiary/aromatic N) is 1. The molecule has 6 nitrogen and oxygen atoms in total. The van der Waals surface area contributed by atoms with Gasteiger partial charge in [-0.1, -0.05) is 58.6 Å². The number of halogens is 3. The number of aryl methyl sites for hydroxylation is 1. The molecule has 0 radical (unpaired) electrons. The van der Waals surface area contributed by atoms with Crippen molar-refractivity contribution in [3.63, 3.8) is 0 Å². The van der Waals surface area contributed by atoms with Crippen molar-refractivity contribution in [1.29, 1.82) is 0 Å². The van der Waals surface area contributed by atoms with E-state index in [0.717, 1.165) is 10.5 Å². The quantitative estimate of drug-likeness (QED) is 0.422. The van der Waals surface area contributed by atoms with E-state index in [-0.39, 0.29) is 10.7 Å². The summed E-state index contributed by atoms with van der Waals surface area (Å²) in [5, 5.41) is 6.09. The zero-order chi connectivity index (χ0) is 23.7. The standard InChI is InChI=1S/C24H16Cl3N3O3/c1-13-5-8-17(9-6-13)30-23(32)20(27)21(24(30)33)28-16-4-2-3-14(11-16)22(31)29-19-10-7-15(25)12-18(19)26/h2-12,28H,1H3,(H,29,31). The van der Waals surface area contributed by atoms with Crippen LogP contribution in [0.3, 0.4) is 0 Å². The van der Waals surface area contributed by atoms with Gasteiger partial charge in [0.05, 0.1) is 16.4 Å². The molecule has 0 unspecified atom stereocenters. The largest absolute Gasteiger partial charge is 0.350 e. The summed E-state index contributed by atoms with van der Waals surface area (Å²) in [5.74, 6) is -1.63. The fourth-order valence-corrected chi connectivity index (χ4v) is 3.88. The van der Waals surface area contributed by atoms with Crippen molar-refractivity contribution in [3.05, 3.63) is 98.6 Å². The number of imide groups is 1. The molecule has 1 aliphatic rings. The van der Waals surface area contributed by atoms with E-state index in [0.29, 0.717) is 32.7 Å². The third kappa shape index (κ3) is 4.73. The first kappa shape index (κ1) is 22.9. The summed E-state index contributed by atoms with van der Waals surface area (Å²) < 4.78 is 0. The molecule has 0 aromatic heterocycles. The number of carbonyl (C=O) groups is 3. The van der Waals surface area contributed by atoms with E-state index in [1.165, 1.54) is 12.1 Å². The highest BCUT2D eigenvalue weighted by Crippen LogP contribution is 2.31. The van der Waals surface area contributed by atoms with E-state index >= 15 is 0 Å². The summed E-state index contributed by atoms with van der Waals surface area (Å²) >= 11 is 18.2.